The van der Waals surface area contributed by atoms with Crippen molar-refractivity contribution in [1.82, 2.24) is 0 Å². The molecular formula is C19H26Br2O. The zero-order valence-electron chi connectivity index (χ0n) is 13.5. The zero-order valence-corrected chi connectivity index (χ0v) is 16.7. The molecule has 2 unspecified atom stereocenters. The minimum absolute atomic E-state index is 0.150. The van der Waals surface area contributed by atoms with Crippen LogP contribution in [0.1, 0.15) is 74.2 Å². The molecule has 1 saturated carbocycles. The minimum Gasteiger partial charge on any atom is -0.295 e. The van der Waals surface area contributed by atoms with Crippen LogP contribution in [0.15, 0.2) is 24.3 Å². The van der Waals surface area contributed by atoms with E-state index in [1.807, 2.05) is 12.1 Å². The van der Waals surface area contributed by atoms with Crippen molar-refractivity contribution in [3.8, 4) is 0 Å². The molecule has 2 atom stereocenters. The van der Waals surface area contributed by atoms with Gasteiger partial charge in [-0.15, -0.1) is 0 Å². The average Bonchev–Trinajstić information content (AvgIpc) is 2.54. The Bertz CT molecular complexity index is 475. The maximum atomic E-state index is 11.4. The molecule has 1 nitrogen and oxygen atoms in total. The monoisotopic (exact) mass is 428 g/mol. The van der Waals surface area contributed by atoms with Crippen LogP contribution in [0.3, 0.4) is 0 Å². The van der Waals surface area contributed by atoms with E-state index in [4.69, 9.17) is 0 Å². The molecule has 0 radical (unpaired) electrons. The van der Waals surface area contributed by atoms with E-state index >= 15 is 0 Å². The number of hydrogen-bond donors (Lipinski definition) is 0. The van der Waals surface area contributed by atoms with Gasteiger partial charge in [-0.05, 0) is 56.4 Å². The average molecular weight is 430 g/mol. The van der Waals surface area contributed by atoms with Crippen LogP contribution in [0, 0.1) is 5.92 Å². The lowest BCUT2D eigenvalue weighted by molar-refractivity contribution is 0.101. The van der Waals surface area contributed by atoms with Gasteiger partial charge in [-0.1, -0.05) is 69.5 Å². The Morgan fingerprint density at radius 3 is 2.23 bits per heavy atom. The number of benzene rings is 1. The normalized spacial score (nSPS) is 24.7. The van der Waals surface area contributed by atoms with Gasteiger partial charge in [-0.25, -0.2) is 0 Å². The summed E-state index contributed by atoms with van der Waals surface area (Å²) in [6.45, 7) is 3.87. The smallest absolute Gasteiger partial charge is 0.159 e. The van der Waals surface area contributed by atoms with E-state index < -0.39 is 0 Å². The topological polar surface area (TPSA) is 17.1 Å². The minimum atomic E-state index is 0.150. The first-order valence-corrected chi connectivity index (χ1v) is 10.2. The molecule has 0 heterocycles. The molecule has 2 rings (SSSR count). The zero-order chi connectivity index (χ0) is 16.1. The maximum Gasteiger partial charge on any atom is 0.159 e. The standard InChI is InChI=1S/C19H26Br2O/c1-3-4-18(20)19(21)17-11-9-16(10-12-17)15-7-5-14(6-8-15)13(2)22/h5-8,16-19H,3-4,9-12H2,1-2H3. The van der Waals surface area contributed by atoms with Gasteiger partial charge in [0, 0.05) is 15.2 Å². The summed E-state index contributed by atoms with van der Waals surface area (Å²) in [5.41, 5.74) is 2.22. The number of carbonyl (C=O) groups is 1. The molecule has 122 valence electrons. The molecule has 22 heavy (non-hydrogen) atoms. The van der Waals surface area contributed by atoms with E-state index in [0.29, 0.717) is 15.6 Å². The van der Waals surface area contributed by atoms with Gasteiger partial charge in [-0.3, -0.25) is 4.79 Å². The van der Waals surface area contributed by atoms with Crippen LogP contribution in [0.25, 0.3) is 0 Å². The lowest BCUT2D eigenvalue weighted by Crippen LogP contribution is -2.27. The Labute approximate surface area is 151 Å². The fraction of sp³-hybridized carbons (Fsp3) is 0.632. The molecule has 1 fully saturated rings. The number of halogens is 2. The summed E-state index contributed by atoms with van der Waals surface area (Å²) in [5.74, 6) is 1.59. The van der Waals surface area contributed by atoms with E-state index in [2.05, 4.69) is 50.9 Å². The van der Waals surface area contributed by atoms with Gasteiger partial charge in [0.05, 0.1) is 0 Å². The van der Waals surface area contributed by atoms with Crippen molar-refractivity contribution >= 4 is 37.6 Å². The van der Waals surface area contributed by atoms with E-state index in [1.54, 1.807) is 6.92 Å². The third-order valence-electron chi connectivity index (χ3n) is 4.92. The number of alkyl halides is 2. The Hall–Kier alpha value is -0.150. The molecule has 3 heteroatoms. The van der Waals surface area contributed by atoms with Crippen LogP contribution >= 0.6 is 31.9 Å². The predicted octanol–water partition coefficient (Wildman–Crippen LogP) is 6.49. The van der Waals surface area contributed by atoms with Crippen LogP contribution < -0.4 is 0 Å². The second kappa shape index (κ2) is 8.63. The summed E-state index contributed by atoms with van der Waals surface area (Å²) < 4.78 is 0. The van der Waals surface area contributed by atoms with Crippen LogP contribution in [0.5, 0.6) is 0 Å². The number of carbonyl (C=O) groups excluding carboxylic acids is 1. The second-order valence-corrected chi connectivity index (χ2v) is 8.77. The molecule has 0 aliphatic heterocycles. The van der Waals surface area contributed by atoms with Crippen LogP contribution in [-0.4, -0.2) is 15.4 Å². The molecule has 1 aliphatic carbocycles. The molecular weight excluding hydrogens is 404 g/mol. The quantitative estimate of drug-likeness (QED) is 0.373. The Balaban J connectivity index is 1.90. The third-order valence-corrected chi connectivity index (χ3v) is 8.04. The lowest BCUT2D eigenvalue weighted by Gasteiger charge is -2.33. The van der Waals surface area contributed by atoms with E-state index in [1.165, 1.54) is 44.1 Å². The van der Waals surface area contributed by atoms with Crippen molar-refractivity contribution in [2.45, 2.75) is 67.9 Å². The number of rotatable bonds is 6. The summed E-state index contributed by atoms with van der Waals surface area (Å²) >= 11 is 7.76. The fourth-order valence-electron chi connectivity index (χ4n) is 3.49. The van der Waals surface area contributed by atoms with Gasteiger partial charge in [0.15, 0.2) is 5.78 Å². The SMILES string of the molecule is CCCC(Br)C(Br)C1CCC(c2ccc(C(C)=O)cc2)CC1. The summed E-state index contributed by atoms with van der Waals surface area (Å²) in [4.78, 5) is 12.5. The lowest BCUT2D eigenvalue weighted by atomic mass is 9.77. The number of ketones is 1. The highest BCUT2D eigenvalue weighted by atomic mass is 79.9. The van der Waals surface area contributed by atoms with E-state index in [-0.39, 0.29) is 5.78 Å². The van der Waals surface area contributed by atoms with Gasteiger partial charge in [0.1, 0.15) is 0 Å². The summed E-state index contributed by atoms with van der Waals surface area (Å²) in [6.07, 6.45) is 7.58. The molecule has 1 aliphatic rings. The molecule has 0 N–H and O–H groups in total. The van der Waals surface area contributed by atoms with Gasteiger partial charge in [-0.2, -0.15) is 0 Å². The first kappa shape index (κ1) is 18.2. The fourth-order valence-corrected chi connectivity index (χ4v) is 5.17. The predicted molar refractivity (Wildman–Crippen MR) is 101 cm³/mol. The summed E-state index contributed by atoms with van der Waals surface area (Å²) in [5, 5.41) is 0. The molecule has 0 aromatic heterocycles. The number of hydrogen-bond acceptors (Lipinski definition) is 1. The van der Waals surface area contributed by atoms with Crippen molar-refractivity contribution in [2.24, 2.45) is 5.92 Å². The maximum absolute atomic E-state index is 11.4. The Kier molecular flexibility index (Phi) is 7.14. The first-order valence-electron chi connectivity index (χ1n) is 8.42. The van der Waals surface area contributed by atoms with Crippen molar-refractivity contribution in [1.29, 1.82) is 0 Å². The number of Topliss-reactive ketones (excluding diaryl/α,β-unsaturated/α-hetero) is 1. The van der Waals surface area contributed by atoms with Crippen LogP contribution in [-0.2, 0) is 0 Å². The highest BCUT2D eigenvalue weighted by molar-refractivity contribution is 9.12. The van der Waals surface area contributed by atoms with Crippen molar-refractivity contribution in [3.05, 3.63) is 35.4 Å². The van der Waals surface area contributed by atoms with Crippen molar-refractivity contribution in [3.63, 3.8) is 0 Å². The highest BCUT2D eigenvalue weighted by Gasteiger charge is 2.30. The van der Waals surface area contributed by atoms with E-state index in [9.17, 15) is 4.79 Å². The molecule has 0 bridgehead atoms. The first-order chi connectivity index (χ1) is 10.5. The second-order valence-electron chi connectivity index (χ2n) is 6.54. The third kappa shape index (κ3) is 4.67. The largest absolute Gasteiger partial charge is 0.295 e. The molecule has 1 aromatic carbocycles. The molecule has 0 amide bonds. The van der Waals surface area contributed by atoms with Gasteiger partial charge < -0.3 is 0 Å². The van der Waals surface area contributed by atoms with Gasteiger partial charge in [0.25, 0.3) is 0 Å². The Morgan fingerprint density at radius 1 is 1.14 bits per heavy atom. The van der Waals surface area contributed by atoms with Crippen molar-refractivity contribution < 1.29 is 4.79 Å². The molecule has 1 aromatic rings. The van der Waals surface area contributed by atoms with Crippen molar-refractivity contribution in [2.75, 3.05) is 0 Å². The van der Waals surface area contributed by atoms with Crippen LogP contribution in [0.2, 0.25) is 0 Å². The van der Waals surface area contributed by atoms with E-state index in [0.717, 1.165) is 11.5 Å². The van der Waals surface area contributed by atoms with Crippen LogP contribution in [0.4, 0.5) is 0 Å². The molecule has 0 saturated heterocycles. The Morgan fingerprint density at radius 2 is 1.73 bits per heavy atom. The van der Waals surface area contributed by atoms with Gasteiger partial charge >= 0.3 is 0 Å². The summed E-state index contributed by atoms with van der Waals surface area (Å²) in [7, 11) is 0. The van der Waals surface area contributed by atoms with Gasteiger partial charge in [0.2, 0.25) is 0 Å². The molecule has 0 spiro atoms. The summed E-state index contributed by atoms with van der Waals surface area (Å²) in [6, 6.07) is 8.26. The highest BCUT2D eigenvalue weighted by Crippen LogP contribution is 2.41.